The largest absolute Gasteiger partial charge is 0.466 e. The summed E-state index contributed by atoms with van der Waals surface area (Å²) >= 11 is 4.42. The van der Waals surface area contributed by atoms with Crippen LogP contribution in [0.15, 0.2) is 36.4 Å². The van der Waals surface area contributed by atoms with Crippen LogP contribution in [-0.4, -0.2) is 37.0 Å². The van der Waals surface area contributed by atoms with Crippen LogP contribution in [0, 0.1) is 21.0 Å². The highest BCUT2D eigenvalue weighted by Gasteiger charge is 2.11. The van der Waals surface area contributed by atoms with E-state index in [4.69, 9.17) is 0 Å². The Hall–Kier alpha value is -2.22. The smallest absolute Gasteiger partial charge is 0.317 e. The predicted molar refractivity (Wildman–Crippen MR) is 148 cm³/mol. The molecule has 0 saturated carbocycles. The van der Waals surface area contributed by atoms with E-state index >= 15 is 0 Å². The fourth-order valence-corrected chi connectivity index (χ4v) is 3.47. The van der Waals surface area contributed by atoms with Crippen LogP contribution in [0.3, 0.4) is 0 Å². The van der Waals surface area contributed by atoms with Crippen molar-refractivity contribution in [2.75, 3.05) is 23.8 Å². The van der Waals surface area contributed by atoms with Crippen molar-refractivity contribution in [1.29, 1.82) is 0 Å². The number of nitrogens with one attached hydrogen (secondary N) is 2. The summed E-state index contributed by atoms with van der Waals surface area (Å²) in [6, 6.07) is 11.3. The van der Waals surface area contributed by atoms with Crippen molar-refractivity contribution < 1.29 is 28.7 Å². The highest BCUT2D eigenvalue weighted by molar-refractivity contribution is 14.1. The van der Waals surface area contributed by atoms with Gasteiger partial charge >= 0.3 is 11.9 Å². The molecule has 0 saturated heterocycles. The fourth-order valence-electron chi connectivity index (χ4n) is 2.44. The fraction of sp³-hybridized carbons (Fsp3) is 0.333. The summed E-state index contributed by atoms with van der Waals surface area (Å²) < 4.78 is 11.2. The number of halogens is 2. The number of amides is 2. The summed E-state index contributed by atoms with van der Waals surface area (Å²) in [4.78, 5) is 45.1. The Labute approximate surface area is 226 Å². The van der Waals surface area contributed by atoms with Crippen molar-refractivity contribution in [3.63, 3.8) is 0 Å². The zero-order valence-corrected chi connectivity index (χ0v) is 23.8. The summed E-state index contributed by atoms with van der Waals surface area (Å²) in [7, 11) is 0. The standard InChI is InChI=1S/C17H16I2N2O2.C7H12O4/c1-10-3-5-12(7-14(10)18)20-16(22)9-17(23)21-13-6-4-11(2)15(19)8-13;1-3-10-6(8)5-7(9)11-4-2/h3-8H,9H2,1-2H3,(H,20,22)(H,21,23);3-5H2,1-2H3. The second kappa shape index (κ2) is 15.6. The van der Waals surface area contributed by atoms with Crippen LogP contribution in [0.25, 0.3) is 0 Å². The topological polar surface area (TPSA) is 111 Å². The third-order valence-electron chi connectivity index (χ3n) is 4.13. The molecule has 2 aromatic rings. The quantitative estimate of drug-likeness (QED) is 0.229. The summed E-state index contributed by atoms with van der Waals surface area (Å²) in [5.41, 5.74) is 3.69. The molecular formula is C24H28I2N2O6. The number of esters is 2. The van der Waals surface area contributed by atoms with E-state index in [1.54, 1.807) is 13.8 Å². The minimum atomic E-state index is -0.536. The summed E-state index contributed by atoms with van der Waals surface area (Å²) in [5.74, 6) is -1.73. The monoisotopic (exact) mass is 694 g/mol. The Kier molecular flexibility index (Phi) is 13.7. The predicted octanol–water partition coefficient (Wildman–Crippen LogP) is 4.98. The first-order valence-corrected chi connectivity index (χ1v) is 12.6. The SMILES string of the molecule is CCOC(=O)CC(=O)OCC.Cc1ccc(NC(=O)CC(=O)Nc2ccc(C)c(I)c2)cc1I. The Morgan fingerprint density at radius 1 is 0.706 bits per heavy atom. The lowest BCUT2D eigenvalue weighted by atomic mass is 10.2. The van der Waals surface area contributed by atoms with Crippen molar-refractivity contribution >= 4 is 80.3 Å². The second-order valence-corrected chi connectivity index (χ2v) is 9.31. The highest BCUT2D eigenvalue weighted by Crippen LogP contribution is 2.18. The number of carbonyl (C=O) groups excluding carboxylic acids is 4. The number of rotatable bonds is 8. The number of hydrogen-bond acceptors (Lipinski definition) is 6. The maximum atomic E-state index is 12.0. The number of ether oxygens (including phenoxy) is 2. The third-order valence-corrected chi connectivity index (χ3v) is 6.46. The van der Waals surface area contributed by atoms with Crippen molar-refractivity contribution in [3.8, 4) is 0 Å². The van der Waals surface area contributed by atoms with Crippen LogP contribution >= 0.6 is 45.2 Å². The van der Waals surface area contributed by atoms with E-state index in [0.29, 0.717) is 11.4 Å². The molecule has 0 unspecified atom stereocenters. The van der Waals surface area contributed by atoms with Gasteiger partial charge < -0.3 is 20.1 Å². The molecule has 184 valence electrons. The molecule has 0 radical (unpaired) electrons. The summed E-state index contributed by atoms with van der Waals surface area (Å²) in [6.45, 7) is 7.95. The van der Waals surface area contributed by atoms with Crippen LogP contribution in [-0.2, 0) is 28.7 Å². The molecule has 2 aromatic carbocycles. The molecule has 2 rings (SSSR count). The molecule has 0 spiro atoms. The Morgan fingerprint density at radius 3 is 1.41 bits per heavy atom. The first-order chi connectivity index (χ1) is 16.0. The molecule has 0 aromatic heterocycles. The van der Waals surface area contributed by atoms with Crippen molar-refractivity contribution in [2.24, 2.45) is 0 Å². The van der Waals surface area contributed by atoms with E-state index in [1.807, 2.05) is 50.2 Å². The first-order valence-electron chi connectivity index (χ1n) is 10.5. The minimum absolute atomic E-state index is 0.213. The maximum absolute atomic E-state index is 12.0. The average Bonchev–Trinajstić information content (AvgIpc) is 2.74. The molecule has 8 nitrogen and oxygen atoms in total. The van der Waals surface area contributed by atoms with Gasteiger partial charge in [-0.05, 0) is 108 Å². The van der Waals surface area contributed by atoms with Crippen LogP contribution < -0.4 is 10.6 Å². The number of benzene rings is 2. The molecule has 0 bridgehead atoms. The molecular weight excluding hydrogens is 666 g/mol. The van der Waals surface area contributed by atoms with E-state index in [9.17, 15) is 19.2 Å². The molecule has 2 amide bonds. The van der Waals surface area contributed by atoms with Gasteiger partial charge in [-0.25, -0.2) is 0 Å². The Bertz CT molecular complexity index is 947. The van der Waals surface area contributed by atoms with Gasteiger partial charge in [-0.1, -0.05) is 12.1 Å². The molecule has 0 aliphatic heterocycles. The molecule has 2 N–H and O–H groups in total. The van der Waals surface area contributed by atoms with Gasteiger partial charge in [0.2, 0.25) is 11.8 Å². The van der Waals surface area contributed by atoms with Crippen LogP contribution in [0.2, 0.25) is 0 Å². The zero-order chi connectivity index (χ0) is 25.7. The maximum Gasteiger partial charge on any atom is 0.317 e. The highest BCUT2D eigenvalue weighted by atomic mass is 127. The van der Waals surface area contributed by atoms with Gasteiger partial charge in [0, 0.05) is 18.5 Å². The van der Waals surface area contributed by atoms with Crippen LogP contribution in [0.1, 0.15) is 37.8 Å². The lowest BCUT2D eigenvalue weighted by Gasteiger charge is -2.09. The molecule has 0 aliphatic carbocycles. The van der Waals surface area contributed by atoms with Gasteiger partial charge in [-0.2, -0.15) is 0 Å². The molecule has 0 atom stereocenters. The Morgan fingerprint density at radius 2 is 1.09 bits per heavy atom. The van der Waals surface area contributed by atoms with Crippen LogP contribution in [0.5, 0.6) is 0 Å². The van der Waals surface area contributed by atoms with Crippen molar-refractivity contribution in [1.82, 2.24) is 0 Å². The lowest BCUT2D eigenvalue weighted by Crippen LogP contribution is -2.21. The van der Waals surface area contributed by atoms with E-state index in [1.165, 1.54) is 0 Å². The number of carbonyl (C=O) groups is 4. The summed E-state index contributed by atoms with van der Waals surface area (Å²) in [5, 5.41) is 5.48. The van der Waals surface area contributed by atoms with E-state index < -0.39 is 11.9 Å². The summed E-state index contributed by atoms with van der Waals surface area (Å²) in [6.07, 6.45) is -0.503. The third kappa shape index (κ3) is 11.8. The molecule has 34 heavy (non-hydrogen) atoms. The van der Waals surface area contributed by atoms with E-state index in [0.717, 1.165) is 18.3 Å². The van der Waals surface area contributed by atoms with Crippen LogP contribution in [0.4, 0.5) is 11.4 Å². The second-order valence-electron chi connectivity index (χ2n) is 6.99. The van der Waals surface area contributed by atoms with Gasteiger partial charge in [-0.3, -0.25) is 19.2 Å². The van der Waals surface area contributed by atoms with Gasteiger partial charge in [0.1, 0.15) is 12.8 Å². The molecule has 0 fully saturated rings. The average molecular weight is 694 g/mol. The van der Waals surface area contributed by atoms with Gasteiger partial charge in [0.15, 0.2) is 0 Å². The van der Waals surface area contributed by atoms with E-state index in [-0.39, 0.29) is 37.9 Å². The number of aryl methyl sites for hydroxylation is 2. The number of anilines is 2. The van der Waals surface area contributed by atoms with Gasteiger partial charge in [0.05, 0.1) is 13.2 Å². The Balaban J connectivity index is 0.000000445. The van der Waals surface area contributed by atoms with Gasteiger partial charge in [0.25, 0.3) is 0 Å². The zero-order valence-electron chi connectivity index (χ0n) is 19.5. The molecule has 0 aliphatic rings. The normalized spacial score (nSPS) is 9.82. The van der Waals surface area contributed by atoms with E-state index in [2.05, 4.69) is 65.3 Å². The number of hydrogen-bond donors (Lipinski definition) is 2. The molecule has 10 heteroatoms. The lowest BCUT2D eigenvalue weighted by molar-refractivity contribution is -0.154. The first kappa shape index (κ1) is 29.8. The van der Waals surface area contributed by atoms with Crippen molar-refractivity contribution in [3.05, 3.63) is 54.7 Å². The van der Waals surface area contributed by atoms with Gasteiger partial charge in [-0.15, -0.1) is 0 Å². The minimum Gasteiger partial charge on any atom is -0.466 e. The van der Waals surface area contributed by atoms with Crippen molar-refractivity contribution in [2.45, 2.75) is 40.5 Å². The molecule has 0 heterocycles.